The second-order valence-electron chi connectivity index (χ2n) is 5.72. The molecule has 118 valence electrons. The average molecular weight is 337 g/mol. The van der Waals surface area contributed by atoms with Crippen LogP contribution in [-0.2, 0) is 17.8 Å². The molecule has 1 aliphatic carbocycles. The van der Waals surface area contributed by atoms with E-state index in [4.69, 9.17) is 0 Å². The molecule has 0 aliphatic heterocycles. The van der Waals surface area contributed by atoms with Crippen molar-refractivity contribution >= 4 is 28.0 Å². The van der Waals surface area contributed by atoms with Crippen LogP contribution in [0.2, 0.25) is 0 Å². The predicted molar refractivity (Wildman–Crippen MR) is 89.5 cm³/mol. The van der Waals surface area contributed by atoms with E-state index >= 15 is 0 Å². The molecule has 1 saturated carbocycles. The van der Waals surface area contributed by atoms with Crippen molar-refractivity contribution in [2.75, 3.05) is 12.8 Å². The highest BCUT2D eigenvalue weighted by Gasteiger charge is 2.41. The van der Waals surface area contributed by atoms with E-state index in [1.807, 2.05) is 24.6 Å². The van der Waals surface area contributed by atoms with Crippen LogP contribution in [0, 0.1) is 0 Å². The first-order valence-electron chi connectivity index (χ1n) is 7.21. The van der Waals surface area contributed by atoms with Gasteiger partial charge in [-0.3, -0.25) is 13.7 Å². The fourth-order valence-electron chi connectivity index (χ4n) is 2.72. The van der Waals surface area contributed by atoms with Crippen molar-refractivity contribution in [3.8, 4) is 10.6 Å². The topological polar surface area (TPSA) is 64.0 Å². The maximum atomic E-state index is 12.5. The molecular formula is C15H19N3O2S2. The highest BCUT2D eigenvalue weighted by Crippen LogP contribution is 2.36. The highest BCUT2D eigenvalue weighted by molar-refractivity contribution is 7.85. The first-order chi connectivity index (χ1) is 10.5. The fraction of sp³-hybridized carbons (Fsp3) is 0.467. The largest absolute Gasteiger partial charge is 0.350 e. The van der Waals surface area contributed by atoms with Gasteiger partial charge < -0.3 is 5.32 Å². The number of nitrogens with zero attached hydrogens (tertiary/aromatic N) is 2. The second kappa shape index (κ2) is 5.96. The van der Waals surface area contributed by atoms with E-state index < -0.39 is 10.8 Å². The Morgan fingerprint density at radius 2 is 2.32 bits per heavy atom. The molecule has 0 radical (unpaired) electrons. The highest BCUT2D eigenvalue weighted by atomic mass is 32.2. The van der Waals surface area contributed by atoms with E-state index in [9.17, 15) is 9.00 Å². The average Bonchev–Trinajstić information content (AvgIpc) is 3.05. The molecule has 3 rings (SSSR count). The minimum absolute atomic E-state index is 0.145. The number of rotatable bonds is 5. The molecule has 22 heavy (non-hydrogen) atoms. The zero-order chi connectivity index (χ0) is 15.7. The molecule has 1 fully saturated rings. The molecule has 5 nitrogen and oxygen atoms in total. The zero-order valence-electron chi connectivity index (χ0n) is 12.7. The molecule has 7 heteroatoms. The van der Waals surface area contributed by atoms with Gasteiger partial charge in [0.25, 0.3) is 5.91 Å². The van der Waals surface area contributed by atoms with Crippen LogP contribution in [0.25, 0.3) is 10.6 Å². The molecule has 0 spiro atoms. The van der Waals surface area contributed by atoms with Crippen molar-refractivity contribution in [1.82, 2.24) is 15.1 Å². The SMILES string of the molecule is Cn1cc(C(=O)NCC2(S(C)=O)CCC2)c(-c2cccs2)n1. The molecule has 1 amide bonds. The van der Waals surface area contributed by atoms with Gasteiger partial charge in [0, 0.05) is 36.8 Å². The third kappa shape index (κ3) is 2.75. The number of hydrogen-bond acceptors (Lipinski definition) is 4. The normalized spacial score (nSPS) is 17.7. The molecule has 2 aromatic rings. The first-order valence-corrected chi connectivity index (χ1v) is 9.65. The molecule has 0 aromatic carbocycles. The summed E-state index contributed by atoms with van der Waals surface area (Å²) in [5.74, 6) is -0.145. The van der Waals surface area contributed by atoms with Crippen molar-refractivity contribution < 1.29 is 9.00 Å². The fourth-order valence-corrected chi connectivity index (χ4v) is 4.59. The van der Waals surface area contributed by atoms with Gasteiger partial charge in [-0.25, -0.2) is 0 Å². The van der Waals surface area contributed by atoms with Crippen LogP contribution >= 0.6 is 11.3 Å². The van der Waals surface area contributed by atoms with Crippen LogP contribution in [-0.4, -0.2) is 37.4 Å². The molecule has 2 heterocycles. The van der Waals surface area contributed by atoms with Crippen molar-refractivity contribution in [2.45, 2.75) is 24.0 Å². The first kappa shape index (κ1) is 15.4. The Bertz CT molecular complexity index is 702. The molecule has 1 unspecified atom stereocenters. The number of carbonyl (C=O) groups excluding carboxylic acids is 1. The molecule has 1 N–H and O–H groups in total. The van der Waals surface area contributed by atoms with E-state index in [-0.39, 0.29) is 10.7 Å². The van der Waals surface area contributed by atoms with Crippen LogP contribution in [0.3, 0.4) is 0 Å². The Hall–Kier alpha value is -1.47. The molecule has 1 atom stereocenters. The number of hydrogen-bond donors (Lipinski definition) is 1. The van der Waals surface area contributed by atoms with Gasteiger partial charge in [-0.2, -0.15) is 5.10 Å². The summed E-state index contributed by atoms with van der Waals surface area (Å²) in [6, 6.07) is 3.90. The maximum absolute atomic E-state index is 12.5. The lowest BCUT2D eigenvalue weighted by atomic mass is 9.84. The monoisotopic (exact) mass is 337 g/mol. The lowest BCUT2D eigenvalue weighted by Gasteiger charge is -2.39. The van der Waals surface area contributed by atoms with Crippen molar-refractivity contribution in [3.05, 3.63) is 29.3 Å². The molecule has 2 aromatic heterocycles. The zero-order valence-corrected chi connectivity index (χ0v) is 14.3. The van der Waals surface area contributed by atoms with Crippen molar-refractivity contribution in [1.29, 1.82) is 0 Å². The van der Waals surface area contributed by atoms with Gasteiger partial charge in [0.15, 0.2) is 0 Å². The lowest BCUT2D eigenvalue weighted by Crippen LogP contribution is -2.50. The summed E-state index contributed by atoms with van der Waals surface area (Å²) in [4.78, 5) is 13.5. The summed E-state index contributed by atoms with van der Waals surface area (Å²) in [5, 5.41) is 9.32. The van der Waals surface area contributed by atoms with E-state index in [2.05, 4.69) is 10.4 Å². The van der Waals surface area contributed by atoms with Gasteiger partial charge in [0.2, 0.25) is 0 Å². The minimum atomic E-state index is -0.918. The number of amides is 1. The quantitative estimate of drug-likeness (QED) is 0.909. The summed E-state index contributed by atoms with van der Waals surface area (Å²) in [6.45, 7) is 0.466. The number of aromatic nitrogens is 2. The summed E-state index contributed by atoms with van der Waals surface area (Å²) >= 11 is 1.56. The molecular weight excluding hydrogens is 318 g/mol. The Morgan fingerprint density at radius 3 is 2.86 bits per heavy atom. The molecule has 0 bridgehead atoms. The second-order valence-corrected chi connectivity index (χ2v) is 8.44. The van der Waals surface area contributed by atoms with Gasteiger partial charge >= 0.3 is 0 Å². The van der Waals surface area contributed by atoms with Gasteiger partial charge in [-0.05, 0) is 24.3 Å². The van der Waals surface area contributed by atoms with Crippen molar-refractivity contribution in [2.24, 2.45) is 7.05 Å². The predicted octanol–water partition coefficient (Wildman–Crippen LogP) is 2.18. The Labute approximate surface area is 136 Å². The third-order valence-corrected chi connectivity index (χ3v) is 6.92. The van der Waals surface area contributed by atoms with E-state index in [0.717, 1.165) is 24.1 Å². The van der Waals surface area contributed by atoms with E-state index in [1.165, 1.54) is 0 Å². The molecule has 0 saturated heterocycles. The van der Waals surface area contributed by atoms with Crippen LogP contribution in [0.1, 0.15) is 29.6 Å². The molecule has 1 aliphatic rings. The minimum Gasteiger partial charge on any atom is -0.350 e. The van der Waals surface area contributed by atoms with E-state index in [0.29, 0.717) is 17.8 Å². The van der Waals surface area contributed by atoms with Crippen LogP contribution in [0.15, 0.2) is 23.7 Å². The third-order valence-electron chi connectivity index (χ3n) is 4.27. The van der Waals surface area contributed by atoms with Crippen LogP contribution in [0.5, 0.6) is 0 Å². The number of carbonyl (C=O) groups is 1. The van der Waals surface area contributed by atoms with Gasteiger partial charge in [-0.1, -0.05) is 12.5 Å². The van der Waals surface area contributed by atoms with E-state index in [1.54, 1.807) is 28.5 Å². The number of nitrogens with one attached hydrogen (secondary N) is 1. The Kier molecular flexibility index (Phi) is 4.18. The Morgan fingerprint density at radius 1 is 1.55 bits per heavy atom. The maximum Gasteiger partial charge on any atom is 0.255 e. The summed E-state index contributed by atoms with van der Waals surface area (Å²) in [7, 11) is 0.890. The van der Waals surface area contributed by atoms with Crippen molar-refractivity contribution in [3.63, 3.8) is 0 Å². The summed E-state index contributed by atoms with van der Waals surface area (Å²) in [5.41, 5.74) is 1.27. The van der Waals surface area contributed by atoms with Gasteiger partial charge in [0.1, 0.15) is 5.69 Å². The lowest BCUT2D eigenvalue weighted by molar-refractivity contribution is 0.0944. The number of thiophene rings is 1. The summed E-state index contributed by atoms with van der Waals surface area (Å²) in [6.07, 6.45) is 6.39. The standard InChI is InChI=1S/C15H19N3O2S2/c1-18-9-11(13(17-18)12-5-3-8-21-12)14(19)16-10-15(22(2)20)6-4-7-15/h3,5,8-9H,4,6-7,10H2,1-2H3,(H,16,19). The summed E-state index contributed by atoms with van der Waals surface area (Å²) < 4.78 is 13.3. The van der Waals surface area contributed by atoms with Gasteiger partial charge in [-0.15, -0.1) is 11.3 Å². The number of aryl methyl sites for hydroxylation is 1. The van der Waals surface area contributed by atoms with Gasteiger partial charge in [0.05, 0.1) is 15.2 Å². The smallest absolute Gasteiger partial charge is 0.255 e. The van der Waals surface area contributed by atoms with Crippen LogP contribution in [0.4, 0.5) is 0 Å². The van der Waals surface area contributed by atoms with Crippen LogP contribution < -0.4 is 5.32 Å². The Balaban J connectivity index is 1.77.